The summed E-state index contributed by atoms with van der Waals surface area (Å²) in [5.74, 6) is -0.0890. The van der Waals surface area contributed by atoms with Gasteiger partial charge in [-0.05, 0) is 26.7 Å². The molecule has 2 rings (SSSR count). The minimum atomic E-state index is -0.0890. The smallest absolute Gasteiger partial charge is 0.307 e. The minimum absolute atomic E-state index is 0.0890. The zero-order valence-corrected chi connectivity index (χ0v) is 10.1. The predicted octanol–water partition coefficient (Wildman–Crippen LogP) is 1.19. The Kier molecular flexibility index (Phi) is 3.82. The van der Waals surface area contributed by atoms with Gasteiger partial charge in [-0.25, -0.2) is 0 Å². The van der Waals surface area contributed by atoms with Gasteiger partial charge in [-0.1, -0.05) is 0 Å². The third kappa shape index (κ3) is 2.74. The number of esters is 1. The number of ether oxygens (including phenoxy) is 2. The normalized spacial score (nSPS) is 31.4. The molecule has 3 unspecified atom stereocenters. The maximum absolute atomic E-state index is 11.4. The van der Waals surface area contributed by atoms with Gasteiger partial charge in [0.1, 0.15) is 0 Å². The van der Waals surface area contributed by atoms with Crippen LogP contribution >= 0.6 is 0 Å². The fraction of sp³-hybridized carbons (Fsp3) is 0.917. The lowest BCUT2D eigenvalue weighted by molar-refractivity contribution is -0.145. The molecule has 0 spiro atoms. The number of hydrogen-bond acceptors (Lipinski definition) is 4. The highest BCUT2D eigenvalue weighted by Crippen LogP contribution is 2.27. The fourth-order valence-corrected chi connectivity index (χ4v) is 2.60. The molecule has 2 aliphatic rings. The molecule has 16 heavy (non-hydrogen) atoms. The van der Waals surface area contributed by atoms with Gasteiger partial charge in [-0.3, -0.25) is 9.69 Å². The molecule has 2 heterocycles. The van der Waals surface area contributed by atoms with Crippen molar-refractivity contribution >= 4 is 5.97 Å². The number of fused-ring (bicyclic) bond motifs is 2. The van der Waals surface area contributed by atoms with Crippen molar-refractivity contribution < 1.29 is 14.3 Å². The molecule has 0 N–H and O–H groups in total. The standard InChI is InChI=1S/C12H21NO3/c1-3-15-12(14)6-9(2)13-7-10-4-5-11(8-13)16-10/h9-11H,3-8H2,1-2H3. The summed E-state index contributed by atoms with van der Waals surface area (Å²) < 4.78 is 10.7. The van der Waals surface area contributed by atoms with Crippen LogP contribution in [0.15, 0.2) is 0 Å². The van der Waals surface area contributed by atoms with Crippen LogP contribution in [-0.4, -0.2) is 48.8 Å². The van der Waals surface area contributed by atoms with Crippen LogP contribution in [0.2, 0.25) is 0 Å². The summed E-state index contributed by atoms with van der Waals surface area (Å²) >= 11 is 0. The Morgan fingerprint density at radius 1 is 1.44 bits per heavy atom. The first-order chi connectivity index (χ1) is 7.69. The van der Waals surface area contributed by atoms with Crippen LogP contribution in [-0.2, 0) is 14.3 Å². The second-order valence-corrected chi connectivity index (χ2v) is 4.77. The van der Waals surface area contributed by atoms with E-state index in [-0.39, 0.29) is 12.0 Å². The van der Waals surface area contributed by atoms with E-state index in [0.717, 1.165) is 13.1 Å². The highest BCUT2D eigenvalue weighted by atomic mass is 16.5. The minimum Gasteiger partial charge on any atom is -0.466 e. The van der Waals surface area contributed by atoms with E-state index in [1.165, 1.54) is 12.8 Å². The molecular formula is C12H21NO3. The lowest BCUT2D eigenvalue weighted by Gasteiger charge is -2.36. The summed E-state index contributed by atoms with van der Waals surface area (Å²) in [4.78, 5) is 13.8. The molecule has 0 aromatic carbocycles. The lowest BCUT2D eigenvalue weighted by atomic mass is 10.1. The molecule has 0 aromatic rings. The molecule has 0 aromatic heterocycles. The molecule has 2 saturated heterocycles. The van der Waals surface area contributed by atoms with Gasteiger partial charge < -0.3 is 9.47 Å². The third-order valence-corrected chi connectivity index (χ3v) is 3.46. The van der Waals surface area contributed by atoms with Crippen LogP contribution in [0.4, 0.5) is 0 Å². The summed E-state index contributed by atoms with van der Waals surface area (Å²) in [6.45, 7) is 6.35. The van der Waals surface area contributed by atoms with E-state index >= 15 is 0 Å². The van der Waals surface area contributed by atoms with Crippen molar-refractivity contribution in [1.82, 2.24) is 4.90 Å². The van der Waals surface area contributed by atoms with Crippen LogP contribution in [0, 0.1) is 0 Å². The number of carbonyl (C=O) groups is 1. The van der Waals surface area contributed by atoms with Crippen molar-refractivity contribution in [3.63, 3.8) is 0 Å². The third-order valence-electron chi connectivity index (χ3n) is 3.46. The predicted molar refractivity (Wildman–Crippen MR) is 60.2 cm³/mol. The molecule has 0 aliphatic carbocycles. The highest BCUT2D eigenvalue weighted by molar-refractivity contribution is 5.70. The zero-order chi connectivity index (χ0) is 11.5. The Hall–Kier alpha value is -0.610. The van der Waals surface area contributed by atoms with Crippen LogP contribution < -0.4 is 0 Å². The quantitative estimate of drug-likeness (QED) is 0.676. The van der Waals surface area contributed by atoms with Gasteiger partial charge in [0.2, 0.25) is 0 Å². The summed E-state index contributed by atoms with van der Waals surface area (Å²) in [6, 6.07) is 0.269. The number of morpholine rings is 1. The van der Waals surface area contributed by atoms with Crippen molar-refractivity contribution in [2.24, 2.45) is 0 Å². The van der Waals surface area contributed by atoms with Gasteiger partial charge in [-0.2, -0.15) is 0 Å². The Bertz CT molecular complexity index is 245. The van der Waals surface area contributed by atoms with Crippen molar-refractivity contribution in [2.75, 3.05) is 19.7 Å². The molecule has 0 saturated carbocycles. The number of likely N-dealkylation sites (tertiary alicyclic amines) is 1. The Balaban J connectivity index is 1.81. The van der Waals surface area contributed by atoms with Crippen molar-refractivity contribution in [2.45, 2.75) is 51.4 Å². The van der Waals surface area contributed by atoms with E-state index < -0.39 is 0 Å². The maximum Gasteiger partial charge on any atom is 0.307 e. The summed E-state index contributed by atoms with van der Waals surface area (Å²) in [5.41, 5.74) is 0. The van der Waals surface area contributed by atoms with Crippen LogP contribution in [0.3, 0.4) is 0 Å². The Morgan fingerprint density at radius 2 is 2.06 bits per heavy atom. The maximum atomic E-state index is 11.4. The number of nitrogens with zero attached hydrogens (tertiary/aromatic N) is 1. The molecule has 4 heteroatoms. The number of rotatable bonds is 4. The first-order valence-electron chi connectivity index (χ1n) is 6.24. The summed E-state index contributed by atoms with van der Waals surface area (Å²) in [7, 11) is 0. The van der Waals surface area contributed by atoms with Gasteiger partial charge in [0.25, 0.3) is 0 Å². The first kappa shape index (κ1) is 11.9. The molecule has 2 fully saturated rings. The summed E-state index contributed by atoms with van der Waals surface area (Å²) in [5, 5.41) is 0. The van der Waals surface area contributed by atoms with E-state index in [1.54, 1.807) is 0 Å². The summed E-state index contributed by atoms with van der Waals surface area (Å²) in [6.07, 6.45) is 3.63. The van der Waals surface area contributed by atoms with Crippen LogP contribution in [0.25, 0.3) is 0 Å². The van der Waals surface area contributed by atoms with Crippen LogP contribution in [0.5, 0.6) is 0 Å². The Labute approximate surface area is 96.9 Å². The molecule has 4 nitrogen and oxygen atoms in total. The molecule has 2 bridgehead atoms. The first-order valence-corrected chi connectivity index (χ1v) is 6.24. The highest BCUT2D eigenvalue weighted by Gasteiger charge is 2.35. The van der Waals surface area contributed by atoms with E-state index in [9.17, 15) is 4.79 Å². The molecule has 2 aliphatic heterocycles. The van der Waals surface area contributed by atoms with Gasteiger partial charge in [0, 0.05) is 19.1 Å². The number of hydrogen-bond donors (Lipinski definition) is 0. The zero-order valence-electron chi connectivity index (χ0n) is 10.1. The average molecular weight is 227 g/mol. The van der Waals surface area contributed by atoms with Gasteiger partial charge >= 0.3 is 5.97 Å². The van der Waals surface area contributed by atoms with Gasteiger partial charge in [0.05, 0.1) is 25.2 Å². The average Bonchev–Trinajstić information content (AvgIpc) is 2.58. The van der Waals surface area contributed by atoms with Crippen molar-refractivity contribution in [3.8, 4) is 0 Å². The second-order valence-electron chi connectivity index (χ2n) is 4.77. The van der Waals surface area contributed by atoms with Crippen molar-refractivity contribution in [3.05, 3.63) is 0 Å². The number of carbonyl (C=O) groups excluding carboxylic acids is 1. The molecular weight excluding hydrogens is 206 g/mol. The van der Waals surface area contributed by atoms with E-state index in [2.05, 4.69) is 11.8 Å². The Morgan fingerprint density at radius 3 is 2.62 bits per heavy atom. The van der Waals surface area contributed by atoms with Crippen molar-refractivity contribution in [1.29, 1.82) is 0 Å². The molecule has 3 atom stereocenters. The van der Waals surface area contributed by atoms with E-state index in [1.807, 2.05) is 6.92 Å². The molecule has 0 radical (unpaired) electrons. The van der Waals surface area contributed by atoms with Crippen LogP contribution in [0.1, 0.15) is 33.1 Å². The van der Waals surface area contributed by atoms with Gasteiger partial charge in [0.15, 0.2) is 0 Å². The van der Waals surface area contributed by atoms with E-state index in [0.29, 0.717) is 25.2 Å². The lowest BCUT2D eigenvalue weighted by Crippen LogP contribution is -2.47. The van der Waals surface area contributed by atoms with Gasteiger partial charge in [-0.15, -0.1) is 0 Å². The largest absolute Gasteiger partial charge is 0.466 e. The fourth-order valence-electron chi connectivity index (χ4n) is 2.60. The topological polar surface area (TPSA) is 38.8 Å². The molecule has 0 amide bonds. The second kappa shape index (κ2) is 5.15. The monoisotopic (exact) mass is 227 g/mol. The molecule has 92 valence electrons. The van der Waals surface area contributed by atoms with E-state index in [4.69, 9.17) is 9.47 Å². The SMILES string of the molecule is CCOC(=O)CC(C)N1CC2CCC(C1)O2.